The molecule has 0 aliphatic carbocycles. The Morgan fingerprint density at radius 3 is 2.26 bits per heavy atom. The van der Waals surface area contributed by atoms with Gasteiger partial charge >= 0.3 is 5.97 Å². The van der Waals surface area contributed by atoms with Gasteiger partial charge in [-0.25, -0.2) is 27.9 Å². The average molecular weight is 473 g/mol. The Bertz CT molecular complexity index is 1100. The normalized spacial score (nSPS) is 11.3. The number of benzene rings is 2. The van der Waals surface area contributed by atoms with Crippen molar-refractivity contribution in [2.75, 3.05) is 18.1 Å². The standard InChI is InChI=1S/C25H26F3N3O3/c1-3-17-13-29-24(30-14-17)31(15-19-4-7-20(8-5-19)25(2,27)28)11-10-18-6-9-22(21(26)12-18)34-16-23(32)33/h4-9,12-14H,3,10-11,15-16H2,1-2H3,(H,32,33). The van der Waals surface area contributed by atoms with E-state index in [-0.39, 0.29) is 11.3 Å². The fraction of sp³-hybridized carbons (Fsp3) is 0.320. The van der Waals surface area contributed by atoms with Crippen LogP contribution in [0.15, 0.2) is 54.9 Å². The predicted molar refractivity (Wildman–Crippen MR) is 122 cm³/mol. The van der Waals surface area contributed by atoms with E-state index in [2.05, 4.69) is 9.97 Å². The van der Waals surface area contributed by atoms with E-state index in [0.717, 1.165) is 24.5 Å². The number of hydrogen-bond donors (Lipinski definition) is 1. The van der Waals surface area contributed by atoms with Crippen molar-refractivity contribution in [1.29, 1.82) is 0 Å². The first kappa shape index (κ1) is 25.0. The predicted octanol–water partition coefficient (Wildman–Crippen LogP) is 5.00. The lowest BCUT2D eigenvalue weighted by Gasteiger charge is -2.23. The Morgan fingerprint density at radius 1 is 1.06 bits per heavy atom. The molecular formula is C25H26F3N3O3. The molecule has 0 aliphatic rings. The van der Waals surface area contributed by atoms with Gasteiger partial charge in [-0.1, -0.05) is 37.3 Å². The summed E-state index contributed by atoms with van der Waals surface area (Å²) < 4.78 is 46.3. The maximum Gasteiger partial charge on any atom is 0.341 e. The Kier molecular flexibility index (Phi) is 8.09. The molecule has 0 aliphatic heterocycles. The van der Waals surface area contributed by atoms with Crippen LogP contribution in [0.1, 0.15) is 36.1 Å². The summed E-state index contributed by atoms with van der Waals surface area (Å²) in [6.07, 6.45) is 4.72. The van der Waals surface area contributed by atoms with Gasteiger partial charge in [0.15, 0.2) is 18.2 Å². The maximum absolute atomic E-state index is 14.3. The van der Waals surface area contributed by atoms with Crippen LogP contribution in [-0.2, 0) is 30.1 Å². The van der Waals surface area contributed by atoms with Crippen molar-refractivity contribution in [3.8, 4) is 5.75 Å². The molecular weight excluding hydrogens is 447 g/mol. The van der Waals surface area contributed by atoms with E-state index in [4.69, 9.17) is 9.84 Å². The minimum absolute atomic E-state index is 0.0629. The van der Waals surface area contributed by atoms with Crippen molar-refractivity contribution < 1.29 is 27.8 Å². The molecule has 1 aromatic heterocycles. The van der Waals surface area contributed by atoms with Gasteiger partial charge in [-0.2, -0.15) is 0 Å². The highest BCUT2D eigenvalue weighted by Crippen LogP contribution is 2.27. The van der Waals surface area contributed by atoms with Gasteiger partial charge in [0.05, 0.1) is 0 Å². The van der Waals surface area contributed by atoms with Crippen LogP contribution >= 0.6 is 0 Å². The molecule has 0 fully saturated rings. The fourth-order valence-corrected chi connectivity index (χ4v) is 3.29. The first-order valence-electron chi connectivity index (χ1n) is 10.8. The van der Waals surface area contributed by atoms with Crippen LogP contribution in [0.25, 0.3) is 0 Å². The van der Waals surface area contributed by atoms with Crippen LogP contribution < -0.4 is 9.64 Å². The Labute approximate surface area is 196 Å². The molecule has 0 spiro atoms. The molecule has 0 bridgehead atoms. The monoisotopic (exact) mass is 473 g/mol. The molecule has 3 aromatic rings. The summed E-state index contributed by atoms with van der Waals surface area (Å²) in [4.78, 5) is 21.4. The number of ether oxygens (including phenoxy) is 1. The second kappa shape index (κ2) is 11.0. The molecule has 6 nitrogen and oxygen atoms in total. The summed E-state index contributed by atoms with van der Waals surface area (Å²) in [6, 6.07) is 10.5. The third-order valence-electron chi connectivity index (χ3n) is 5.23. The molecule has 0 atom stereocenters. The quantitative estimate of drug-likeness (QED) is 0.422. The molecule has 0 amide bonds. The number of halogens is 3. The molecule has 1 N–H and O–H groups in total. The van der Waals surface area contributed by atoms with Gasteiger partial charge in [-0.05, 0) is 41.7 Å². The second-order valence-corrected chi connectivity index (χ2v) is 7.95. The molecule has 180 valence electrons. The number of alkyl halides is 2. The van der Waals surface area contributed by atoms with E-state index >= 15 is 0 Å². The van der Waals surface area contributed by atoms with Crippen molar-refractivity contribution in [2.24, 2.45) is 0 Å². The highest BCUT2D eigenvalue weighted by molar-refractivity contribution is 5.68. The first-order valence-corrected chi connectivity index (χ1v) is 10.8. The van der Waals surface area contributed by atoms with Crippen LogP contribution in [-0.4, -0.2) is 34.2 Å². The Morgan fingerprint density at radius 2 is 1.71 bits per heavy atom. The summed E-state index contributed by atoms with van der Waals surface area (Å²) in [5, 5.41) is 8.68. The smallest absolute Gasteiger partial charge is 0.341 e. The minimum atomic E-state index is -2.91. The van der Waals surface area contributed by atoms with E-state index < -0.39 is 24.3 Å². The first-order chi connectivity index (χ1) is 16.2. The summed E-state index contributed by atoms with van der Waals surface area (Å²) in [5.74, 6) is -4.41. The highest BCUT2D eigenvalue weighted by atomic mass is 19.3. The zero-order chi connectivity index (χ0) is 24.7. The number of carbonyl (C=O) groups is 1. The minimum Gasteiger partial charge on any atom is -0.479 e. The molecule has 0 radical (unpaired) electrons. The number of carboxylic acid groups (broad SMARTS) is 1. The van der Waals surface area contributed by atoms with Gasteiger partial charge < -0.3 is 14.7 Å². The summed E-state index contributed by atoms with van der Waals surface area (Å²) in [6.45, 7) is 3.04. The van der Waals surface area contributed by atoms with Gasteiger partial charge in [0.25, 0.3) is 5.92 Å². The lowest BCUT2D eigenvalue weighted by molar-refractivity contribution is -0.139. The third kappa shape index (κ3) is 6.94. The number of aryl methyl sites for hydroxylation is 1. The number of anilines is 1. The molecule has 2 aromatic carbocycles. The number of nitrogens with zero attached hydrogens (tertiary/aromatic N) is 3. The van der Waals surface area contributed by atoms with E-state index in [9.17, 15) is 18.0 Å². The lowest BCUT2D eigenvalue weighted by Crippen LogP contribution is -2.27. The molecule has 0 unspecified atom stereocenters. The van der Waals surface area contributed by atoms with Crippen molar-refractivity contribution in [3.63, 3.8) is 0 Å². The van der Waals surface area contributed by atoms with Gasteiger partial charge in [0.1, 0.15) is 0 Å². The molecule has 0 saturated heterocycles. The van der Waals surface area contributed by atoms with Crippen molar-refractivity contribution in [1.82, 2.24) is 9.97 Å². The van der Waals surface area contributed by atoms with Crippen LogP contribution in [0, 0.1) is 5.82 Å². The number of rotatable bonds is 11. The third-order valence-corrected chi connectivity index (χ3v) is 5.23. The molecule has 9 heteroatoms. The summed E-state index contributed by atoms with van der Waals surface area (Å²) in [5.41, 5.74) is 2.40. The second-order valence-electron chi connectivity index (χ2n) is 7.95. The topological polar surface area (TPSA) is 75.6 Å². The van der Waals surface area contributed by atoms with Crippen LogP contribution in [0.4, 0.5) is 19.1 Å². The van der Waals surface area contributed by atoms with E-state index in [1.54, 1.807) is 30.6 Å². The molecule has 1 heterocycles. The van der Waals surface area contributed by atoms with E-state index in [1.807, 2.05) is 11.8 Å². The van der Waals surface area contributed by atoms with Crippen LogP contribution in [0.2, 0.25) is 0 Å². The number of carboxylic acids is 1. The Balaban J connectivity index is 1.76. The van der Waals surface area contributed by atoms with E-state index in [0.29, 0.717) is 31.0 Å². The molecule has 34 heavy (non-hydrogen) atoms. The number of hydrogen-bond acceptors (Lipinski definition) is 5. The van der Waals surface area contributed by atoms with Crippen molar-refractivity contribution in [3.05, 3.63) is 82.9 Å². The summed E-state index contributed by atoms with van der Waals surface area (Å²) >= 11 is 0. The largest absolute Gasteiger partial charge is 0.479 e. The lowest BCUT2D eigenvalue weighted by atomic mass is 10.1. The van der Waals surface area contributed by atoms with Crippen molar-refractivity contribution >= 4 is 11.9 Å². The van der Waals surface area contributed by atoms with Crippen LogP contribution in [0.5, 0.6) is 5.75 Å². The average Bonchev–Trinajstić information content (AvgIpc) is 2.81. The van der Waals surface area contributed by atoms with Gasteiger partial charge in [0.2, 0.25) is 5.95 Å². The number of aromatic nitrogens is 2. The maximum atomic E-state index is 14.3. The fourth-order valence-electron chi connectivity index (χ4n) is 3.29. The number of aliphatic carboxylic acids is 1. The zero-order valence-corrected chi connectivity index (χ0v) is 19.0. The van der Waals surface area contributed by atoms with E-state index in [1.165, 1.54) is 24.3 Å². The zero-order valence-electron chi connectivity index (χ0n) is 19.0. The summed E-state index contributed by atoms with van der Waals surface area (Å²) in [7, 11) is 0. The van der Waals surface area contributed by atoms with Gasteiger partial charge in [-0.3, -0.25) is 0 Å². The van der Waals surface area contributed by atoms with Gasteiger partial charge in [-0.15, -0.1) is 0 Å². The SMILES string of the molecule is CCc1cnc(N(CCc2ccc(OCC(=O)O)c(F)c2)Cc2ccc(C(C)(F)F)cc2)nc1. The molecule has 3 rings (SSSR count). The van der Waals surface area contributed by atoms with Gasteiger partial charge in [0, 0.05) is 38.0 Å². The highest BCUT2D eigenvalue weighted by Gasteiger charge is 2.23. The van der Waals surface area contributed by atoms with Crippen molar-refractivity contribution in [2.45, 2.75) is 39.2 Å². The Hall–Kier alpha value is -3.62. The van der Waals surface area contributed by atoms with Crippen LogP contribution in [0.3, 0.4) is 0 Å². The molecule has 0 saturated carbocycles.